The van der Waals surface area contributed by atoms with Crippen molar-refractivity contribution < 1.29 is 9.47 Å². The summed E-state index contributed by atoms with van der Waals surface area (Å²) in [7, 11) is 1.64. The van der Waals surface area contributed by atoms with Crippen LogP contribution in [0.4, 0.5) is 0 Å². The Labute approximate surface area is 147 Å². The molecular formula is C17H21Cl3O2. The minimum absolute atomic E-state index is 0.430. The molecule has 0 amide bonds. The molecule has 0 aliphatic heterocycles. The second-order valence-corrected chi connectivity index (χ2v) is 7.39. The van der Waals surface area contributed by atoms with Gasteiger partial charge in [0.25, 0.3) is 0 Å². The summed E-state index contributed by atoms with van der Waals surface area (Å²) in [6, 6.07) is 7.56. The molecule has 0 saturated carbocycles. The van der Waals surface area contributed by atoms with Crippen LogP contribution in [-0.2, 0) is 0 Å². The zero-order chi connectivity index (χ0) is 16.4. The summed E-state index contributed by atoms with van der Waals surface area (Å²) in [5.74, 6) is 1.59. The van der Waals surface area contributed by atoms with E-state index in [9.17, 15) is 0 Å². The van der Waals surface area contributed by atoms with Crippen molar-refractivity contribution in [3.05, 3.63) is 48.1 Å². The molecule has 0 saturated heterocycles. The highest BCUT2D eigenvalue weighted by Crippen LogP contribution is 2.30. The van der Waals surface area contributed by atoms with Crippen molar-refractivity contribution in [3.63, 3.8) is 0 Å². The highest BCUT2D eigenvalue weighted by Gasteiger charge is 2.16. The first-order chi connectivity index (χ1) is 10.4. The van der Waals surface area contributed by atoms with Crippen LogP contribution in [0.2, 0.25) is 0 Å². The maximum absolute atomic E-state index is 5.67. The van der Waals surface area contributed by atoms with E-state index in [1.165, 1.54) is 5.57 Å². The van der Waals surface area contributed by atoms with E-state index in [0.29, 0.717) is 13.0 Å². The van der Waals surface area contributed by atoms with E-state index < -0.39 is 3.79 Å². The predicted octanol–water partition coefficient (Wildman–Crippen LogP) is 6.12. The van der Waals surface area contributed by atoms with Gasteiger partial charge in [-0.15, -0.1) is 0 Å². The Kier molecular flexibility index (Phi) is 8.77. The number of ether oxygens (including phenoxy) is 2. The van der Waals surface area contributed by atoms with Gasteiger partial charge in [-0.2, -0.15) is 0 Å². The van der Waals surface area contributed by atoms with Gasteiger partial charge in [-0.25, -0.2) is 0 Å². The van der Waals surface area contributed by atoms with Crippen LogP contribution in [0.3, 0.4) is 0 Å². The number of methoxy groups -OCH3 is 1. The van der Waals surface area contributed by atoms with Gasteiger partial charge in [-0.05, 0) is 38.0 Å². The van der Waals surface area contributed by atoms with E-state index in [2.05, 4.69) is 13.0 Å². The summed E-state index contributed by atoms with van der Waals surface area (Å²) in [5, 5.41) is 0. The van der Waals surface area contributed by atoms with E-state index in [1.54, 1.807) is 7.11 Å². The second-order valence-electron chi connectivity index (χ2n) is 4.87. The third kappa shape index (κ3) is 9.24. The van der Waals surface area contributed by atoms with E-state index in [-0.39, 0.29) is 0 Å². The Morgan fingerprint density at radius 1 is 1.18 bits per heavy atom. The monoisotopic (exact) mass is 362 g/mol. The van der Waals surface area contributed by atoms with E-state index in [4.69, 9.17) is 44.3 Å². The van der Waals surface area contributed by atoms with Crippen LogP contribution >= 0.6 is 34.8 Å². The van der Waals surface area contributed by atoms with Crippen LogP contribution in [0.15, 0.2) is 48.1 Å². The molecule has 2 nitrogen and oxygen atoms in total. The van der Waals surface area contributed by atoms with Crippen molar-refractivity contribution in [2.24, 2.45) is 0 Å². The van der Waals surface area contributed by atoms with Crippen LogP contribution in [0.1, 0.15) is 26.2 Å². The Balaban J connectivity index is 2.28. The lowest BCUT2D eigenvalue weighted by molar-refractivity contribution is 0.355. The number of alkyl halides is 3. The molecule has 0 aliphatic carbocycles. The van der Waals surface area contributed by atoms with Gasteiger partial charge in [0, 0.05) is 12.5 Å². The molecule has 0 aromatic heterocycles. The highest BCUT2D eigenvalue weighted by atomic mass is 35.6. The third-order valence-corrected chi connectivity index (χ3v) is 3.41. The minimum atomic E-state index is -1.20. The van der Waals surface area contributed by atoms with Crippen LogP contribution in [0.25, 0.3) is 0 Å². The molecule has 0 atom stereocenters. The summed E-state index contributed by atoms with van der Waals surface area (Å²) in [6.45, 7) is 2.62. The van der Waals surface area contributed by atoms with Crippen molar-refractivity contribution in [3.8, 4) is 11.5 Å². The fourth-order valence-electron chi connectivity index (χ4n) is 1.72. The molecule has 0 radical (unpaired) electrons. The van der Waals surface area contributed by atoms with Gasteiger partial charge in [0.05, 0.1) is 7.11 Å². The average Bonchev–Trinajstić information content (AvgIpc) is 2.46. The van der Waals surface area contributed by atoms with Crippen LogP contribution in [0.5, 0.6) is 11.5 Å². The Morgan fingerprint density at radius 2 is 1.91 bits per heavy atom. The van der Waals surface area contributed by atoms with Gasteiger partial charge in [-0.3, -0.25) is 0 Å². The summed E-state index contributed by atoms with van der Waals surface area (Å²) in [4.78, 5) is 0. The molecule has 1 aromatic rings. The van der Waals surface area contributed by atoms with Crippen molar-refractivity contribution >= 4 is 34.8 Å². The predicted molar refractivity (Wildman–Crippen MR) is 95.5 cm³/mol. The van der Waals surface area contributed by atoms with Gasteiger partial charge in [0.15, 0.2) is 3.79 Å². The van der Waals surface area contributed by atoms with Crippen LogP contribution < -0.4 is 9.47 Å². The normalized spacial score (nSPS) is 12.7. The van der Waals surface area contributed by atoms with Crippen LogP contribution in [0, 0.1) is 0 Å². The molecule has 1 aromatic carbocycles. The average molecular weight is 364 g/mol. The van der Waals surface area contributed by atoms with E-state index in [0.717, 1.165) is 24.3 Å². The second kappa shape index (κ2) is 10.0. The Bertz CT molecular complexity index is 505. The molecule has 0 N–H and O–H groups in total. The summed E-state index contributed by atoms with van der Waals surface area (Å²) < 4.78 is 9.61. The maximum Gasteiger partial charge on any atom is 0.194 e. The van der Waals surface area contributed by atoms with Gasteiger partial charge < -0.3 is 9.47 Å². The van der Waals surface area contributed by atoms with Crippen molar-refractivity contribution in [2.45, 2.75) is 30.0 Å². The van der Waals surface area contributed by atoms with Gasteiger partial charge in [-0.1, -0.05) is 58.6 Å². The number of rotatable bonds is 8. The van der Waals surface area contributed by atoms with E-state index >= 15 is 0 Å². The van der Waals surface area contributed by atoms with Gasteiger partial charge in [0.2, 0.25) is 0 Å². The molecular weight excluding hydrogens is 343 g/mol. The molecule has 22 heavy (non-hydrogen) atoms. The first kappa shape index (κ1) is 19.2. The lowest BCUT2D eigenvalue weighted by atomic mass is 10.1. The molecule has 0 bridgehead atoms. The lowest BCUT2D eigenvalue weighted by Crippen LogP contribution is -1.97. The molecule has 0 heterocycles. The van der Waals surface area contributed by atoms with Gasteiger partial charge >= 0.3 is 0 Å². The number of allylic oxidation sites excluding steroid dienone is 3. The van der Waals surface area contributed by atoms with Gasteiger partial charge in [0.1, 0.15) is 18.1 Å². The van der Waals surface area contributed by atoms with Crippen molar-refractivity contribution in [2.75, 3.05) is 13.7 Å². The van der Waals surface area contributed by atoms with Crippen molar-refractivity contribution in [1.29, 1.82) is 0 Å². The first-order valence-electron chi connectivity index (χ1n) is 7.05. The smallest absolute Gasteiger partial charge is 0.194 e. The number of hydrogen-bond acceptors (Lipinski definition) is 2. The quantitative estimate of drug-likeness (QED) is 0.409. The SMILES string of the molecule is COc1cccc(OCC=C(C)CCC=CCC(Cl)(Cl)Cl)c1. The third-order valence-electron chi connectivity index (χ3n) is 2.94. The number of halogens is 3. The largest absolute Gasteiger partial charge is 0.497 e. The topological polar surface area (TPSA) is 18.5 Å². The zero-order valence-corrected chi connectivity index (χ0v) is 15.1. The number of benzene rings is 1. The fourth-order valence-corrected chi connectivity index (χ4v) is 1.99. The number of hydrogen-bond donors (Lipinski definition) is 0. The Morgan fingerprint density at radius 3 is 2.59 bits per heavy atom. The molecule has 5 heteroatoms. The standard InChI is InChI=1S/C17H21Cl3O2/c1-14(7-4-3-5-11-17(18,19)20)10-12-22-16-9-6-8-15(13-16)21-2/h3,5-6,8-10,13H,4,7,11-12H2,1-2H3. The first-order valence-corrected chi connectivity index (χ1v) is 8.18. The van der Waals surface area contributed by atoms with Crippen molar-refractivity contribution in [1.82, 2.24) is 0 Å². The molecule has 1 rings (SSSR count). The fraction of sp³-hybridized carbons (Fsp3) is 0.412. The molecule has 0 unspecified atom stereocenters. The lowest BCUT2D eigenvalue weighted by Gasteiger charge is -2.06. The molecule has 0 aliphatic rings. The molecule has 0 fully saturated rings. The summed E-state index contributed by atoms with van der Waals surface area (Å²) >= 11 is 17.0. The Hall–Kier alpha value is -0.830. The van der Waals surface area contributed by atoms with E-state index in [1.807, 2.05) is 36.4 Å². The minimum Gasteiger partial charge on any atom is -0.497 e. The zero-order valence-electron chi connectivity index (χ0n) is 12.8. The maximum atomic E-state index is 5.67. The molecule has 122 valence electrons. The highest BCUT2D eigenvalue weighted by molar-refractivity contribution is 6.67. The summed E-state index contributed by atoms with van der Waals surface area (Å²) in [5.41, 5.74) is 1.27. The van der Waals surface area contributed by atoms with Crippen LogP contribution in [-0.4, -0.2) is 17.5 Å². The molecule has 0 spiro atoms. The summed E-state index contributed by atoms with van der Waals surface area (Å²) in [6.07, 6.45) is 8.30.